The Morgan fingerprint density at radius 3 is 2.58 bits per heavy atom. The van der Waals surface area contributed by atoms with Crippen molar-refractivity contribution in [2.45, 2.75) is 32.6 Å². The highest BCUT2D eigenvalue weighted by Gasteiger charge is 2.13. The van der Waals surface area contributed by atoms with E-state index in [9.17, 15) is 0 Å². The molecule has 0 radical (unpaired) electrons. The van der Waals surface area contributed by atoms with Gasteiger partial charge in [-0.3, -0.25) is 0 Å². The lowest BCUT2D eigenvalue weighted by Crippen LogP contribution is -2.15. The monoisotopic (exact) mass is 347 g/mol. The molecule has 0 amide bonds. The van der Waals surface area contributed by atoms with Gasteiger partial charge in [0.15, 0.2) is 0 Å². The molecule has 0 aliphatic rings. The van der Waals surface area contributed by atoms with E-state index < -0.39 is 0 Å². The van der Waals surface area contributed by atoms with Crippen LogP contribution in [0.1, 0.15) is 37.3 Å². The first-order chi connectivity index (χ1) is 11.7. The maximum absolute atomic E-state index is 6.33. The Labute approximate surface area is 149 Å². The first-order valence-corrected chi connectivity index (χ1v) is 8.89. The maximum Gasteiger partial charge on any atom is 0.137 e. The topological polar surface area (TPSA) is 44.5 Å². The molecule has 1 atom stereocenters. The zero-order valence-corrected chi connectivity index (χ0v) is 15.2. The molecule has 0 saturated heterocycles. The van der Waals surface area contributed by atoms with Gasteiger partial charge in [0, 0.05) is 5.92 Å². The summed E-state index contributed by atoms with van der Waals surface area (Å²) in [6.07, 6.45) is 1.79. The third-order valence-electron chi connectivity index (χ3n) is 3.87. The van der Waals surface area contributed by atoms with Crippen LogP contribution in [0.3, 0.4) is 0 Å². The Morgan fingerprint density at radius 1 is 1.08 bits per heavy atom. The molecule has 0 aliphatic heterocycles. The minimum absolute atomic E-state index is 0.226. The van der Waals surface area contributed by atoms with Crippen molar-refractivity contribution >= 4 is 11.6 Å². The van der Waals surface area contributed by atoms with E-state index in [2.05, 4.69) is 25.1 Å². The van der Waals surface area contributed by atoms with Crippen LogP contribution in [0.2, 0.25) is 5.02 Å². The highest BCUT2D eigenvalue weighted by molar-refractivity contribution is 6.32. The fourth-order valence-electron chi connectivity index (χ4n) is 2.65. The van der Waals surface area contributed by atoms with Crippen molar-refractivity contribution in [3.05, 3.63) is 58.6 Å². The molecule has 0 saturated carbocycles. The maximum atomic E-state index is 6.33. The number of benzene rings is 2. The molecule has 4 heteroatoms. The van der Waals surface area contributed by atoms with Crippen LogP contribution in [-0.4, -0.2) is 19.8 Å². The van der Waals surface area contributed by atoms with Gasteiger partial charge in [-0.15, -0.1) is 0 Å². The number of hydrogen-bond donors (Lipinski definition) is 1. The fraction of sp³-hybridized carbons (Fsp3) is 0.400. The van der Waals surface area contributed by atoms with Crippen LogP contribution in [0.25, 0.3) is 0 Å². The summed E-state index contributed by atoms with van der Waals surface area (Å²) in [6, 6.07) is 14.1. The molecule has 2 rings (SSSR count). The molecule has 1 unspecified atom stereocenters. The smallest absolute Gasteiger partial charge is 0.137 e. The molecule has 0 aromatic heterocycles. The second-order valence-electron chi connectivity index (χ2n) is 5.76. The van der Waals surface area contributed by atoms with E-state index in [0.29, 0.717) is 24.8 Å². The average molecular weight is 348 g/mol. The average Bonchev–Trinajstić information content (AvgIpc) is 2.59. The zero-order valence-electron chi connectivity index (χ0n) is 14.4. The van der Waals surface area contributed by atoms with Crippen LogP contribution in [0, 0.1) is 0 Å². The van der Waals surface area contributed by atoms with Gasteiger partial charge in [-0.05, 0) is 61.7 Å². The van der Waals surface area contributed by atoms with Crippen LogP contribution in [0.15, 0.2) is 42.5 Å². The summed E-state index contributed by atoms with van der Waals surface area (Å²) >= 11 is 6.33. The van der Waals surface area contributed by atoms with E-state index >= 15 is 0 Å². The molecule has 2 aromatic carbocycles. The lowest BCUT2D eigenvalue weighted by molar-refractivity contribution is 0.317. The highest BCUT2D eigenvalue weighted by atomic mass is 35.5. The Bertz CT molecular complexity index is 645. The molecule has 2 aromatic rings. The normalized spacial score (nSPS) is 12.0. The summed E-state index contributed by atoms with van der Waals surface area (Å²) in [5, 5.41) is 0.653. The van der Waals surface area contributed by atoms with E-state index in [1.807, 2.05) is 31.2 Å². The molecule has 0 aliphatic carbocycles. The standard InChI is InChI=1S/C20H26ClNO2/c1-3-10-24-20-9-8-15(12-19(20)21)11-17(14-22)16-6-5-7-18(13-16)23-4-2/h5-9,12-13,17H,3-4,10-11,14,22H2,1-2H3. The first kappa shape index (κ1) is 18.6. The van der Waals surface area contributed by atoms with Gasteiger partial charge in [-0.25, -0.2) is 0 Å². The Balaban J connectivity index is 2.12. The molecule has 3 nitrogen and oxygen atoms in total. The van der Waals surface area contributed by atoms with Gasteiger partial charge < -0.3 is 15.2 Å². The molecule has 0 spiro atoms. The Morgan fingerprint density at radius 2 is 1.92 bits per heavy atom. The van der Waals surface area contributed by atoms with Crippen molar-refractivity contribution in [3.63, 3.8) is 0 Å². The molecule has 0 fully saturated rings. The highest BCUT2D eigenvalue weighted by Crippen LogP contribution is 2.29. The predicted octanol–water partition coefficient (Wildman–Crippen LogP) is 4.81. The van der Waals surface area contributed by atoms with Gasteiger partial charge in [0.25, 0.3) is 0 Å². The number of rotatable bonds is 9. The predicted molar refractivity (Wildman–Crippen MR) is 100 cm³/mol. The summed E-state index contributed by atoms with van der Waals surface area (Å²) in [6.45, 7) is 5.96. The Kier molecular flexibility index (Phi) is 7.41. The summed E-state index contributed by atoms with van der Waals surface area (Å²) in [5.74, 6) is 1.85. The van der Waals surface area contributed by atoms with Crippen LogP contribution >= 0.6 is 11.6 Å². The number of ether oxygens (including phenoxy) is 2. The van der Waals surface area contributed by atoms with Crippen molar-refractivity contribution in [1.29, 1.82) is 0 Å². The lowest BCUT2D eigenvalue weighted by atomic mass is 9.92. The van der Waals surface area contributed by atoms with Gasteiger partial charge in [-0.2, -0.15) is 0 Å². The SMILES string of the molecule is CCCOc1ccc(CC(CN)c2cccc(OCC)c2)cc1Cl. The third-order valence-corrected chi connectivity index (χ3v) is 4.16. The summed E-state index contributed by atoms with van der Waals surface area (Å²) < 4.78 is 11.2. The van der Waals surface area contributed by atoms with Crippen LogP contribution in [-0.2, 0) is 6.42 Å². The van der Waals surface area contributed by atoms with Gasteiger partial charge in [-0.1, -0.05) is 36.7 Å². The number of nitrogens with two attached hydrogens (primary N) is 1. The largest absolute Gasteiger partial charge is 0.494 e. The van der Waals surface area contributed by atoms with Gasteiger partial charge in [0.05, 0.1) is 18.2 Å². The van der Waals surface area contributed by atoms with Crippen molar-refractivity contribution in [1.82, 2.24) is 0 Å². The van der Waals surface area contributed by atoms with Gasteiger partial charge in [0.1, 0.15) is 11.5 Å². The van der Waals surface area contributed by atoms with Gasteiger partial charge in [0.2, 0.25) is 0 Å². The Hall–Kier alpha value is -1.71. The van der Waals surface area contributed by atoms with E-state index in [4.69, 9.17) is 26.8 Å². The number of halogens is 1. The van der Waals surface area contributed by atoms with Gasteiger partial charge >= 0.3 is 0 Å². The quantitative estimate of drug-likeness (QED) is 0.707. The van der Waals surface area contributed by atoms with E-state index in [-0.39, 0.29) is 5.92 Å². The lowest BCUT2D eigenvalue weighted by Gasteiger charge is -2.17. The van der Waals surface area contributed by atoms with Crippen molar-refractivity contribution in [3.8, 4) is 11.5 Å². The summed E-state index contributed by atoms with van der Waals surface area (Å²) in [7, 11) is 0. The molecule has 24 heavy (non-hydrogen) atoms. The number of hydrogen-bond acceptors (Lipinski definition) is 3. The molecular formula is C20H26ClNO2. The zero-order chi connectivity index (χ0) is 17.4. The summed E-state index contributed by atoms with van der Waals surface area (Å²) in [5.41, 5.74) is 8.35. The second-order valence-corrected chi connectivity index (χ2v) is 6.16. The molecule has 0 bridgehead atoms. The van der Waals surface area contributed by atoms with Crippen molar-refractivity contribution < 1.29 is 9.47 Å². The molecular weight excluding hydrogens is 322 g/mol. The van der Waals surface area contributed by atoms with Crippen LogP contribution in [0.5, 0.6) is 11.5 Å². The fourth-order valence-corrected chi connectivity index (χ4v) is 2.90. The van der Waals surface area contributed by atoms with E-state index in [1.165, 1.54) is 5.56 Å². The third kappa shape index (κ3) is 5.15. The van der Waals surface area contributed by atoms with E-state index in [1.54, 1.807) is 0 Å². The van der Waals surface area contributed by atoms with Crippen molar-refractivity contribution in [2.75, 3.05) is 19.8 Å². The van der Waals surface area contributed by atoms with Crippen LogP contribution in [0.4, 0.5) is 0 Å². The minimum atomic E-state index is 0.226. The minimum Gasteiger partial charge on any atom is -0.494 e. The molecule has 2 N–H and O–H groups in total. The molecule has 130 valence electrons. The summed E-state index contributed by atoms with van der Waals surface area (Å²) in [4.78, 5) is 0. The van der Waals surface area contributed by atoms with Crippen LogP contribution < -0.4 is 15.2 Å². The second kappa shape index (κ2) is 9.55. The molecule has 0 heterocycles. The first-order valence-electron chi connectivity index (χ1n) is 8.52. The van der Waals surface area contributed by atoms with Crippen molar-refractivity contribution in [2.24, 2.45) is 5.73 Å². The van der Waals surface area contributed by atoms with E-state index in [0.717, 1.165) is 29.9 Å².